The summed E-state index contributed by atoms with van der Waals surface area (Å²) in [6, 6.07) is 8.21. The average Bonchev–Trinajstić information content (AvgIpc) is 2.37. The molecule has 0 aliphatic carbocycles. The Hall–Kier alpha value is -1.10. The molecule has 20 heavy (non-hydrogen) atoms. The van der Waals surface area contributed by atoms with E-state index in [-0.39, 0.29) is 6.10 Å². The zero-order chi connectivity index (χ0) is 14.8. The van der Waals surface area contributed by atoms with Crippen molar-refractivity contribution in [3.8, 4) is 5.75 Å². The zero-order valence-electron chi connectivity index (χ0n) is 13.2. The topological polar surface area (TPSA) is 33.7 Å². The van der Waals surface area contributed by atoms with Crippen molar-refractivity contribution in [2.45, 2.75) is 26.5 Å². The second kappa shape index (κ2) is 9.75. The van der Waals surface area contributed by atoms with Gasteiger partial charge in [0.05, 0.1) is 19.3 Å². The molecule has 1 aromatic rings. The Balaban J connectivity index is 2.15. The molecule has 0 radical (unpaired) electrons. The summed E-state index contributed by atoms with van der Waals surface area (Å²) in [5, 5.41) is 3.38. The summed E-state index contributed by atoms with van der Waals surface area (Å²) in [4.78, 5) is 2.12. The van der Waals surface area contributed by atoms with E-state index in [0.717, 1.165) is 38.6 Å². The molecule has 0 bridgehead atoms. The predicted molar refractivity (Wildman–Crippen MR) is 83.3 cm³/mol. The van der Waals surface area contributed by atoms with E-state index in [2.05, 4.69) is 22.3 Å². The lowest BCUT2D eigenvalue weighted by Gasteiger charge is -2.12. The van der Waals surface area contributed by atoms with Crippen molar-refractivity contribution in [3.63, 3.8) is 0 Å². The van der Waals surface area contributed by atoms with Crippen LogP contribution in [0.25, 0.3) is 0 Å². The van der Waals surface area contributed by atoms with Crippen LogP contribution in [0.4, 0.5) is 0 Å². The van der Waals surface area contributed by atoms with Gasteiger partial charge in [-0.15, -0.1) is 0 Å². The molecule has 0 amide bonds. The molecule has 4 nitrogen and oxygen atoms in total. The summed E-state index contributed by atoms with van der Waals surface area (Å²) in [7, 11) is 4.10. The standard InChI is InChI=1S/C16H28N2O2/c1-14(2)20-16-7-5-6-15(12-16)13-17-8-10-19-11-9-18(3)4/h5-7,12,14,17H,8-11,13H2,1-4H3. The number of nitrogens with one attached hydrogen (secondary N) is 1. The van der Waals surface area contributed by atoms with E-state index in [1.54, 1.807) is 0 Å². The van der Waals surface area contributed by atoms with Crippen molar-refractivity contribution in [2.24, 2.45) is 0 Å². The molecular weight excluding hydrogens is 252 g/mol. The van der Waals surface area contributed by atoms with E-state index in [1.807, 2.05) is 40.1 Å². The highest BCUT2D eigenvalue weighted by Crippen LogP contribution is 2.14. The van der Waals surface area contributed by atoms with Crippen LogP contribution in [0.1, 0.15) is 19.4 Å². The quantitative estimate of drug-likeness (QED) is 0.666. The van der Waals surface area contributed by atoms with Crippen LogP contribution in [-0.4, -0.2) is 51.4 Å². The molecule has 114 valence electrons. The number of nitrogens with zero attached hydrogens (tertiary/aromatic N) is 1. The van der Waals surface area contributed by atoms with E-state index >= 15 is 0 Å². The number of likely N-dealkylation sites (N-methyl/N-ethyl adjacent to an activating group) is 1. The van der Waals surface area contributed by atoms with E-state index in [0.29, 0.717) is 0 Å². The summed E-state index contributed by atoms with van der Waals surface area (Å²) in [5.74, 6) is 0.932. The molecule has 0 atom stereocenters. The van der Waals surface area contributed by atoms with Gasteiger partial charge in [0.15, 0.2) is 0 Å². The third-order valence-corrected chi connectivity index (χ3v) is 2.71. The third-order valence-electron chi connectivity index (χ3n) is 2.71. The Kier molecular flexibility index (Phi) is 8.26. The molecular formula is C16H28N2O2. The van der Waals surface area contributed by atoms with Crippen LogP contribution in [0.15, 0.2) is 24.3 Å². The summed E-state index contributed by atoms with van der Waals surface area (Å²) in [6.45, 7) is 8.28. The first-order valence-electron chi connectivity index (χ1n) is 7.26. The summed E-state index contributed by atoms with van der Waals surface area (Å²) >= 11 is 0. The largest absolute Gasteiger partial charge is 0.491 e. The van der Waals surface area contributed by atoms with Gasteiger partial charge < -0.3 is 19.7 Å². The van der Waals surface area contributed by atoms with E-state index in [9.17, 15) is 0 Å². The Morgan fingerprint density at radius 3 is 2.70 bits per heavy atom. The molecule has 0 saturated heterocycles. The lowest BCUT2D eigenvalue weighted by Crippen LogP contribution is -2.23. The van der Waals surface area contributed by atoms with Crippen molar-refractivity contribution in [2.75, 3.05) is 40.4 Å². The Morgan fingerprint density at radius 1 is 1.20 bits per heavy atom. The van der Waals surface area contributed by atoms with Crippen molar-refractivity contribution >= 4 is 0 Å². The molecule has 0 unspecified atom stereocenters. The molecule has 0 aromatic heterocycles. The smallest absolute Gasteiger partial charge is 0.120 e. The van der Waals surface area contributed by atoms with Crippen molar-refractivity contribution in [1.29, 1.82) is 0 Å². The fourth-order valence-electron chi connectivity index (χ4n) is 1.73. The normalized spacial score (nSPS) is 11.3. The minimum atomic E-state index is 0.211. The van der Waals surface area contributed by atoms with Crippen molar-refractivity contribution in [3.05, 3.63) is 29.8 Å². The number of rotatable bonds is 10. The maximum atomic E-state index is 5.68. The summed E-state index contributed by atoms with van der Waals surface area (Å²) in [6.07, 6.45) is 0.211. The zero-order valence-corrected chi connectivity index (χ0v) is 13.2. The Morgan fingerprint density at radius 2 is 2.00 bits per heavy atom. The van der Waals surface area contributed by atoms with Gasteiger partial charge >= 0.3 is 0 Å². The van der Waals surface area contributed by atoms with Gasteiger partial charge in [0.25, 0.3) is 0 Å². The maximum absolute atomic E-state index is 5.68. The van der Waals surface area contributed by atoms with Crippen LogP contribution in [0, 0.1) is 0 Å². The predicted octanol–water partition coefficient (Wildman–Crippen LogP) is 2.14. The highest BCUT2D eigenvalue weighted by atomic mass is 16.5. The lowest BCUT2D eigenvalue weighted by molar-refractivity contribution is 0.119. The molecule has 4 heteroatoms. The minimum Gasteiger partial charge on any atom is -0.491 e. The number of hydrogen-bond acceptors (Lipinski definition) is 4. The van der Waals surface area contributed by atoms with E-state index in [4.69, 9.17) is 9.47 Å². The summed E-state index contributed by atoms with van der Waals surface area (Å²) < 4.78 is 11.2. The van der Waals surface area contributed by atoms with Crippen molar-refractivity contribution < 1.29 is 9.47 Å². The fourth-order valence-corrected chi connectivity index (χ4v) is 1.73. The molecule has 1 rings (SSSR count). The van der Waals surface area contributed by atoms with Gasteiger partial charge in [-0.2, -0.15) is 0 Å². The first-order valence-corrected chi connectivity index (χ1v) is 7.26. The van der Waals surface area contributed by atoms with Gasteiger partial charge in [0.1, 0.15) is 5.75 Å². The van der Waals surface area contributed by atoms with Gasteiger partial charge in [-0.05, 0) is 45.6 Å². The van der Waals surface area contributed by atoms with E-state index < -0.39 is 0 Å². The monoisotopic (exact) mass is 280 g/mol. The Bertz CT molecular complexity index is 367. The third kappa shape index (κ3) is 8.15. The first kappa shape index (κ1) is 17.0. The van der Waals surface area contributed by atoms with Gasteiger partial charge in [-0.25, -0.2) is 0 Å². The minimum absolute atomic E-state index is 0.211. The van der Waals surface area contributed by atoms with E-state index in [1.165, 1.54) is 5.56 Å². The molecule has 0 spiro atoms. The van der Waals surface area contributed by atoms with Gasteiger partial charge in [-0.3, -0.25) is 0 Å². The highest BCUT2D eigenvalue weighted by Gasteiger charge is 1.99. The second-order valence-corrected chi connectivity index (χ2v) is 5.41. The van der Waals surface area contributed by atoms with Crippen LogP contribution in [-0.2, 0) is 11.3 Å². The SMILES string of the molecule is CC(C)Oc1cccc(CNCCOCCN(C)C)c1. The van der Waals surface area contributed by atoms with Crippen LogP contribution < -0.4 is 10.1 Å². The van der Waals surface area contributed by atoms with Gasteiger partial charge in [0, 0.05) is 19.6 Å². The van der Waals surface area contributed by atoms with Crippen LogP contribution >= 0.6 is 0 Å². The fraction of sp³-hybridized carbons (Fsp3) is 0.625. The number of hydrogen-bond donors (Lipinski definition) is 1. The van der Waals surface area contributed by atoms with Gasteiger partial charge in [0.2, 0.25) is 0 Å². The number of ether oxygens (including phenoxy) is 2. The Labute approximate surface area is 123 Å². The molecule has 1 N–H and O–H groups in total. The second-order valence-electron chi connectivity index (χ2n) is 5.41. The summed E-state index contributed by atoms with van der Waals surface area (Å²) in [5.41, 5.74) is 1.23. The average molecular weight is 280 g/mol. The lowest BCUT2D eigenvalue weighted by atomic mass is 10.2. The molecule has 1 aromatic carbocycles. The highest BCUT2D eigenvalue weighted by molar-refractivity contribution is 5.28. The first-order chi connectivity index (χ1) is 9.58. The molecule has 0 aliphatic rings. The number of benzene rings is 1. The van der Waals surface area contributed by atoms with Crippen LogP contribution in [0.3, 0.4) is 0 Å². The van der Waals surface area contributed by atoms with Crippen LogP contribution in [0.2, 0.25) is 0 Å². The van der Waals surface area contributed by atoms with Gasteiger partial charge in [-0.1, -0.05) is 12.1 Å². The maximum Gasteiger partial charge on any atom is 0.120 e. The molecule has 0 fully saturated rings. The van der Waals surface area contributed by atoms with Crippen molar-refractivity contribution in [1.82, 2.24) is 10.2 Å². The molecule has 0 heterocycles. The molecule has 0 aliphatic heterocycles. The molecule has 0 saturated carbocycles. The van der Waals surface area contributed by atoms with Crippen LogP contribution in [0.5, 0.6) is 5.75 Å².